The van der Waals surface area contributed by atoms with Crippen LogP contribution in [0.1, 0.15) is 45.2 Å². The Bertz CT molecular complexity index is 663. The highest BCUT2D eigenvalue weighted by molar-refractivity contribution is 14.0. The predicted octanol–water partition coefficient (Wildman–Crippen LogP) is 3.88. The smallest absolute Gasteiger partial charge is 0.191 e. The van der Waals surface area contributed by atoms with Gasteiger partial charge in [-0.25, -0.2) is 4.99 Å². The first kappa shape index (κ1) is 22.3. The molecule has 2 aliphatic rings. The van der Waals surface area contributed by atoms with Crippen LogP contribution in [0.4, 0.5) is 0 Å². The zero-order valence-corrected chi connectivity index (χ0v) is 19.5. The van der Waals surface area contributed by atoms with Crippen molar-refractivity contribution in [3.8, 4) is 5.75 Å². The lowest BCUT2D eigenvalue weighted by Gasteiger charge is -2.54. The summed E-state index contributed by atoms with van der Waals surface area (Å²) in [5, 5.41) is 7.06. The van der Waals surface area contributed by atoms with Crippen LogP contribution in [0.15, 0.2) is 23.2 Å². The van der Waals surface area contributed by atoms with Gasteiger partial charge in [-0.1, -0.05) is 26.0 Å². The Kier molecular flexibility index (Phi) is 7.80. The van der Waals surface area contributed by atoms with E-state index in [9.17, 15) is 0 Å². The molecule has 0 bridgehead atoms. The van der Waals surface area contributed by atoms with Gasteiger partial charge in [-0.05, 0) is 38.8 Å². The normalized spacial score (nSPS) is 25.8. The van der Waals surface area contributed by atoms with Gasteiger partial charge >= 0.3 is 0 Å². The quantitative estimate of drug-likeness (QED) is 0.364. The number of ether oxygens (including phenoxy) is 2. The Balaban J connectivity index is 0.00000261. The minimum atomic E-state index is 0. The van der Waals surface area contributed by atoms with Gasteiger partial charge in [-0.2, -0.15) is 0 Å². The highest BCUT2D eigenvalue weighted by Crippen LogP contribution is 2.52. The fourth-order valence-electron chi connectivity index (χ4n) is 4.33. The Morgan fingerprint density at radius 1 is 1.33 bits per heavy atom. The molecule has 1 heterocycles. The van der Waals surface area contributed by atoms with E-state index in [1.807, 2.05) is 6.92 Å². The van der Waals surface area contributed by atoms with Gasteiger partial charge in [0.15, 0.2) is 5.96 Å². The number of guanidine groups is 1. The van der Waals surface area contributed by atoms with Crippen LogP contribution in [0, 0.1) is 18.3 Å². The maximum absolute atomic E-state index is 5.91. The van der Waals surface area contributed by atoms with Crippen LogP contribution >= 0.6 is 24.0 Å². The van der Waals surface area contributed by atoms with Crippen LogP contribution in [0.5, 0.6) is 5.75 Å². The first-order valence-corrected chi connectivity index (χ1v) is 9.86. The monoisotopic (exact) mass is 487 g/mol. The van der Waals surface area contributed by atoms with E-state index in [0.717, 1.165) is 36.8 Å². The lowest BCUT2D eigenvalue weighted by molar-refractivity contribution is -0.106. The summed E-state index contributed by atoms with van der Waals surface area (Å²) in [5.41, 5.74) is 2.46. The summed E-state index contributed by atoms with van der Waals surface area (Å²) >= 11 is 0. The Hall–Kier alpha value is -1.02. The molecule has 0 amide bonds. The molecule has 0 aromatic heterocycles. The molecule has 3 atom stereocenters. The predicted molar refractivity (Wildman–Crippen MR) is 121 cm³/mol. The number of aliphatic imine (C=N–C) groups is 1. The van der Waals surface area contributed by atoms with E-state index < -0.39 is 0 Å². The number of aryl methyl sites for hydroxylation is 1. The largest absolute Gasteiger partial charge is 0.494 e. The van der Waals surface area contributed by atoms with Gasteiger partial charge in [0.1, 0.15) is 5.75 Å². The van der Waals surface area contributed by atoms with Gasteiger partial charge in [-0.15, -0.1) is 24.0 Å². The van der Waals surface area contributed by atoms with Crippen LogP contribution < -0.4 is 15.4 Å². The minimum absolute atomic E-state index is 0. The molecule has 1 saturated carbocycles. The van der Waals surface area contributed by atoms with Crippen molar-refractivity contribution in [2.24, 2.45) is 16.3 Å². The Morgan fingerprint density at radius 3 is 2.81 bits per heavy atom. The molecule has 2 fully saturated rings. The van der Waals surface area contributed by atoms with Crippen molar-refractivity contribution >= 4 is 29.9 Å². The number of benzene rings is 1. The molecule has 1 aromatic carbocycles. The molecule has 27 heavy (non-hydrogen) atoms. The number of halogens is 1. The molecule has 5 nitrogen and oxygen atoms in total. The van der Waals surface area contributed by atoms with Gasteiger partial charge < -0.3 is 20.1 Å². The Morgan fingerprint density at radius 2 is 2.11 bits per heavy atom. The third-order valence-electron chi connectivity index (χ3n) is 5.67. The standard InChI is InChI=1S/C21H33N3O2.HI/c1-6-22-20(24-18-16-10-11-26-19(16)21(18,4)5)23-13-15-9-8-14(3)12-17(15)25-7-2;/h8-9,12,16,18-19H,6-7,10-11,13H2,1-5H3,(H2,22,23,24);1H. The van der Waals surface area contributed by atoms with Gasteiger partial charge in [0, 0.05) is 36.1 Å². The summed E-state index contributed by atoms with van der Waals surface area (Å²) in [6.45, 7) is 13.8. The van der Waals surface area contributed by atoms with Gasteiger partial charge in [0.25, 0.3) is 0 Å². The van der Waals surface area contributed by atoms with E-state index in [0.29, 0.717) is 31.2 Å². The molecule has 1 saturated heterocycles. The van der Waals surface area contributed by atoms with Crippen LogP contribution in [-0.2, 0) is 11.3 Å². The number of nitrogens with zero attached hydrogens (tertiary/aromatic N) is 1. The second-order valence-corrected chi connectivity index (χ2v) is 7.93. The fourth-order valence-corrected chi connectivity index (χ4v) is 4.33. The average molecular weight is 487 g/mol. The van der Waals surface area contributed by atoms with E-state index in [1.165, 1.54) is 5.56 Å². The summed E-state index contributed by atoms with van der Waals surface area (Å²) < 4.78 is 11.7. The maximum Gasteiger partial charge on any atom is 0.191 e. The van der Waals surface area contributed by atoms with E-state index in [4.69, 9.17) is 14.5 Å². The van der Waals surface area contributed by atoms with Gasteiger partial charge in [0.05, 0.1) is 19.3 Å². The zero-order chi connectivity index (χ0) is 18.7. The molecule has 3 unspecified atom stereocenters. The summed E-state index contributed by atoms with van der Waals surface area (Å²) in [5.74, 6) is 2.39. The summed E-state index contributed by atoms with van der Waals surface area (Å²) in [7, 11) is 0. The van der Waals surface area contributed by atoms with Crippen LogP contribution in [0.25, 0.3) is 0 Å². The van der Waals surface area contributed by atoms with Crippen molar-refractivity contribution in [3.05, 3.63) is 29.3 Å². The number of hydrogen-bond donors (Lipinski definition) is 2. The second kappa shape index (κ2) is 9.45. The first-order chi connectivity index (χ1) is 12.5. The van der Waals surface area contributed by atoms with E-state index in [-0.39, 0.29) is 29.4 Å². The molecule has 1 aromatic rings. The van der Waals surface area contributed by atoms with E-state index >= 15 is 0 Å². The maximum atomic E-state index is 5.91. The molecular weight excluding hydrogens is 453 g/mol. The molecule has 2 N–H and O–H groups in total. The minimum Gasteiger partial charge on any atom is -0.494 e. The lowest BCUT2D eigenvalue weighted by atomic mass is 9.57. The van der Waals surface area contributed by atoms with Crippen molar-refractivity contribution in [1.82, 2.24) is 10.6 Å². The highest BCUT2D eigenvalue weighted by Gasteiger charge is 2.59. The van der Waals surface area contributed by atoms with Crippen molar-refractivity contribution in [2.45, 2.75) is 59.7 Å². The first-order valence-electron chi connectivity index (χ1n) is 9.86. The number of rotatable bonds is 6. The third-order valence-corrected chi connectivity index (χ3v) is 5.67. The van der Waals surface area contributed by atoms with Crippen LogP contribution in [0.3, 0.4) is 0 Å². The van der Waals surface area contributed by atoms with Gasteiger partial charge in [0.2, 0.25) is 0 Å². The molecule has 0 radical (unpaired) electrons. The summed E-state index contributed by atoms with van der Waals surface area (Å²) in [6, 6.07) is 6.71. The Labute approximate surface area is 180 Å². The van der Waals surface area contributed by atoms with E-state index in [2.05, 4.69) is 56.5 Å². The van der Waals surface area contributed by atoms with Crippen LogP contribution in [0.2, 0.25) is 0 Å². The lowest BCUT2D eigenvalue weighted by Crippen LogP contribution is -2.67. The average Bonchev–Trinajstić information content (AvgIpc) is 3.06. The molecule has 1 aliphatic heterocycles. The summed E-state index contributed by atoms with van der Waals surface area (Å²) in [4.78, 5) is 4.83. The third kappa shape index (κ3) is 4.70. The topological polar surface area (TPSA) is 54.9 Å². The zero-order valence-electron chi connectivity index (χ0n) is 17.2. The highest BCUT2D eigenvalue weighted by atomic mass is 127. The number of fused-ring (bicyclic) bond motifs is 1. The second-order valence-electron chi connectivity index (χ2n) is 7.93. The van der Waals surface area contributed by atoms with Crippen molar-refractivity contribution in [3.63, 3.8) is 0 Å². The van der Waals surface area contributed by atoms with Crippen molar-refractivity contribution in [2.75, 3.05) is 19.8 Å². The van der Waals surface area contributed by atoms with E-state index in [1.54, 1.807) is 0 Å². The van der Waals surface area contributed by atoms with Gasteiger partial charge in [-0.3, -0.25) is 0 Å². The summed E-state index contributed by atoms with van der Waals surface area (Å²) in [6.07, 6.45) is 1.52. The molecule has 6 heteroatoms. The molecule has 1 aliphatic carbocycles. The number of nitrogens with one attached hydrogen (secondary N) is 2. The molecule has 0 spiro atoms. The number of hydrogen-bond acceptors (Lipinski definition) is 3. The SMILES string of the molecule is CCNC(=NCc1ccc(C)cc1OCC)NC1C2CCOC2C1(C)C.I. The van der Waals surface area contributed by atoms with Crippen LogP contribution in [-0.4, -0.2) is 37.9 Å². The molecule has 152 valence electrons. The van der Waals surface area contributed by atoms with Crippen molar-refractivity contribution < 1.29 is 9.47 Å². The molecular formula is C21H34IN3O2. The van der Waals surface area contributed by atoms with Crippen molar-refractivity contribution in [1.29, 1.82) is 0 Å². The molecule has 3 rings (SSSR count). The fraction of sp³-hybridized carbons (Fsp3) is 0.667.